The Balaban J connectivity index is 1.87. The second kappa shape index (κ2) is 4.48. The maximum atomic E-state index is 6.27. The van der Waals surface area contributed by atoms with E-state index in [4.69, 9.17) is 10.8 Å². The number of benzene rings is 2. The second-order valence-corrected chi connectivity index (χ2v) is 5.59. The summed E-state index contributed by atoms with van der Waals surface area (Å²) < 4.78 is 1.79. The zero-order chi connectivity index (χ0) is 14.4. The fourth-order valence-corrected chi connectivity index (χ4v) is 3.21. The van der Waals surface area contributed by atoms with Crippen LogP contribution in [0.5, 0.6) is 0 Å². The van der Waals surface area contributed by atoms with Crippen LogP contribution in [-0.2, 0) is 13.5 Å². The molecular formula is C18H17N3. The van der Waals surface area contributed by atoms with E-state index in [2.05, 4.69) is 36.4 Å². The molecule has 0 radical (unpaired) electrons. The summed E-state index contributed by atoms with van der Waals surface area (Å²) in [4.78, 5) is 0. The topological polar surface area (TPSA) is 43.8 Å². The number of hydrogen-bond acceptors (Lipinski definition) is 2. The summed E-state index contributed by atoms with van der Waals surface area (Å²) >= 11 is 0. The van der Waals surface area contributed by atoms with Gasteiger partial charge >= 0.3 is 0 Å². The number of hydrogen-bond donors (Lipinski definition) is 1. The zero-order valence-corrected chi connectivity index (χ0v) is 12.0. The van der Waals surface area contributed by atoms with E-state index in [1.54, 1.807) is 4.68 Å². The van der Waals surface area contributed by atoms with Crippen LogP contribution in [0.4, 0.5) is 5.82 Å². The van der Waals surface area contributed by atoms with Crippen molar-refractivity contribution in [3.8, 4) is 11.1 Å². The van der Waals surface area contributed by atoms with E-state index >= 15 is 0 Å². The molecule has 3 aromatic rings. The van der Waals surface area contributed by atoms with Gasteiger partial charge in [-0.05, 0) is 23.1 Å². The lowest BCUT2D eigenvalue weighted by molar-refractivity contribution is 0.655. The number of nitrogen functional groups attached to an aromatic ring is 1. The monoisotopic (exact) mass is 275 g/mol. The largest absolute Gasteiger partial charge is 0.383 e. The summed E-state index contributed by atoms with van der Waals surface area (Å²) in [5, 5.41) is 4.70. The van der Waals surface area contributed by atoms with Crippen molar-refractivity contribution in [2.45, 2.75) is 12.3 Å². The fourth-order valence-electron chi connectivity index (χ4n) is 3.21. The Kier molecular flexibility index (Phi) is 2.61. The van der Waals surface area contributed by atoms with Gasteiger partial charge in [-0.1, -0.05) is 54.6 Å². The summed E-state index contributed by atoms with van der Waals surface area (Å²) in [6.07, 6.45) is 1.05. The molecule has 0 fully saturated rings. The molecule has 0 amide bonds. The van der Waals surface area contributed by atoms with Crippen molar-refractivity contribution < 1.29 is 0 Å². The van der Waals surface area contributed by atoms with E-state index < -0.39 is 0 Å². The van der Waals surface area contributed by atoms with Crippen molar-refractivity contribution >= 4 is 5.82 Å². The van der Waals surface area contributed by atoms with Crippen molar-refractivity contribution in [2.24, 2.45) is 7.05 Å². The minimum atomic E-state index is 0.361. The molecule has 1 atom stereocenters. The van der Waals surface area contributed by atoms with Gasteiger partial charge in [0, 0.05) is 18.5 Å². The maximum absolute atomic E-state index is 6.27. The number of nitrogens with two attached hydrogens (primary N) is 1. The molecule has 3 nitrogen and oxygen atoms in total. The minimum absolute atomic E-state index is 0.361. The van der Waals surface area contributed by atoms with E-state index in [9.17, 15) is 0 Å². The van der Waals surface area contributed by atoms with Crippen LogP contribution in [0.25, 0.3) is 11.1 Å². The lowest BCUT2D eigenvalue weighted by Crippen LogP contribution is -2.19. The standard InChI is InChI=1S/C18H17N3/c1-21-18(19)16(12-7-3-2-4-8-12)17(20-21)15-11-13-9-5-6-10-14(13)15/h2-10,15H,11,19H2,1H3. The van der Waals surface area contributed by atoms with Crippen molar-refractivity contribution in [2.75, 3.05) is 5.73 Å². The summed E-state index contributed by atoms with van der Waals surface area (Å²) in [6.45, 7) is 0. The Morgan fingerprint density at radius 3 is 2.52 bits per heavy atom. The SMILES string of the molecule is Cn1nc(C2Cc3ccccc32)c(-c2ccccc2)c1N. The molecule has 0 aliphatic heterocycles. The number of aryl methyl sites for hydroxylation is 1. The molecule has 21 heavy (non-hydrogen) atoms. The van der Waals surface area contributed by atoms with Gasteiger partial charge in [0.15, 0.2) is 0 Å². The van der Waals surface area contributed by atoms with Crippen LogP contribution < -0.4 is 5.73 Å². The lowest BCUT2D eigenvalue weighted by Gasteiger charge is -2.29. The number of rotatable bonds is 2. The van der Waals surface area contributed by atoms with Crippen molar-refractivity contribution in [3.05, 3.63) is 71.4 Å². The van der Waals surface area contributed by atoms with E-state index in [0.717, 1.165) is 29.1 Å². The zero-order valence-electron chi connectivity index (χ0n) is 12.0. The highest BCUT2D eigenvalue weighted by atomic mass is 15.3. The van der Waals surface area contributed by atoms with Crippen molar-refractivity contribution in [3.63, 3.8) is 0 Å². The molecule has 1 aliphatic rings. The number of nitrogens with zero attached hydrogens (tertiary/aromatic N) is 2. The Bertz CT molecular complexity index is 803. The van der Waals surface area contributed by atoms with E-state index in [1.165, 1.54) is 11.1 Å². The minimum Gasteiger partial charge on any atom is -0.383 e. The van der Waals surface area contributed by atoms with Crippen LogP contribution in [0.3, 0.4) is 0 Å². The summed E-state index contributed by atoms with van der Waals surface area (Å²) in [6, 6.07) is 18.9. The maximum Gasteiger partial charge on any atom is 0.129 e. The molecule has 2 aromatic carbocycles. The van der Waals surface area contributed by atoms with Gasteiger partial charge in [0.1, 0.15) is 5.82 Å². The highest BCUT2D eigenvalue weighted by molar-refractivity contribution is 5.78. The highest BCUT2D eigenvalue weighted by Crippen LogP contribution is 2.44. The van der Waals surface area contributed by atoms with Crippen LogP contribution in [0, 0.1) is 0 Å². The third-order valence-electron chi connectivity index (χ3n) is 4.37. The summed E-state index contributed by atoms with van der Waals surface area (Å²) in [7, 11) is 1.91. The van der Waals surface area contributed by atoms with Crippen LogP contribution in [0.1, 0.15) is 22.7 Å². The molecule has 0 saturated heterocycles. The fraction of sp³-hybridized carbons (Fsp3) is 0.167. The Labute approximate surface area is 124 Å². The van der Waals surface area contributed by atoms with Crippen molar-refractivity contribution in [1.29, 1.82) is 0 Å². The summed E-state index contributed by atoms with van der Waals surface area (Å²) in [5.74, 6) is 1.10. The molecule has 0 saturated carbocycles. The third-order valence-corrected chi connectivity index (χ3v) is 4.37. The first-order chi connectivity index (χ1) is 10.3. The van der Waals surface area contributed by atoms with Crippen LogP contribution >= 0.6 is 0 Å². The molecule has 2 N–H and O–H groups in total. The Morgan fingerprint density at radius 2 is 1.76 bits per heavy atom. The van der Waals surface area contributed by atoms with Gasteiger partial charge in [0.05, 0.1) is 5.69 Å². The third kappa shape index (κ3) is 1.77. The van der Waals surface area contributed by atoms with Crippen LogP contribution in [0.2, 0.25) is 0 Å². The molecule has 1 unspecified atom stereocenters. The average Bonchev–Trinajstić information content (AvgIpc) is 2.77. The predicted octanol–water partition coefficient (Wildman–Crippen LogP) is 3.36. The first-order valence-corrected chi connectivity index (χ1v) is 7.21. The quantitative estimate of drug-likeness (QED) is 0.779. The van der Waals surface area contributed by atoms with Crippen LogP contribution in [-0.4, -0.2) is 9.78 Å². The van der Waals surface area contributed by atoms with Gasteiger partial charge in [-0.3, -0.25) is 4.68 Å². The molecule has 3 heteroatoms. The van der Waals surface area contributed by atoms with Crippen LogP contribution in [0.15, 0.2) is 54.6 Å². The van der Waals surface area contributed by atoms with Gasteiger partial charge < -0.3 is 5.73 Å². The molecule has 1 aromatic heterocycles. The van der Waals surface area contributed by atoms with E-state index in [-0.39, 0.29) is 0 Å². The molecule has 4 rings (SSSR count). The van der Waals surface area contributed by atoms with Gasteiger partial charge in [-0.25, -0.2) is 0 Å². The van der Waals surface area contributed by atoms with Crippen molar-refractivity contribution in [1.82, 2.24) is 9.78 Å². The second-order valence-electron chi connectivity index (χ2n) is 5.59. The smallest absolute Gasteiger partial charge is 0.129 e. The molecule has 104 valence electrons. The molecular weight excluding hydrogens is 258 g/mol. The molecule has 0 bridgehead atoms. The normalized spacial score (nSPS) is 16.3. The van der Waals surface area contributed by atoms with E-state index in [1.807, 2.05) is 25.2 Å². The number of fused-ring (bicyclic) bond motifs is 1. The first-order valence-electron chi connectivity index (χ1n) is 7.21. The highest BCUT2D eigenvalue weighted by Gasteiger charge is 2.32. The Morgan fingerprint density at radius 1 is 1.05 bits per heavy atom. The van der Waals surface area contributed by atoms with E-state index in [0.29, 0.717) is 5.92 Å². The predicted molar refractivity (Wildman–Crippen MR) is 85.0 cm³/mol. The van der Waals surface area contributed by atoms with Gasteiger partial charge in [-0.15, -0.1) is 0 Å². The summed E-state index contributed by atoms with van der Waals surface area (Å²) in [5.41, 5.74) is 12.4. The van der Waals surface area contributed by atoms with Gasteiger partial charge in [-0.2, -0.15) is 5.10 Å². The lowest BCUT2D eigenvalue weighted by atomic mass is 9.74. The number of aromatic nitrogens is 2. The first kappa shape index (κ1) is 12.2. The van der Waals surface area contributed by atoms with Gasteiger partial charge in [0.2, 0.25) is 0 Å². The average molecular weight is 275 g/mol. The Hall–Kier alpha value is -2.55. The molecule has 0 spiro atoms. The molecule has 1 heterocycles. The molecule has 1 aliphatic carbocycles. The van der Waals surface area contributed by atoms with Gasteiger partial charge in [0.25, 0.3) is 0 Å². The number of anilines is 1.